The molecule has 2 aromatic rings. The van der Waals surface area contributed by atoms with Gasteiger partial charge in [-0.25, -0.2) is 0 Å². The first-order valence-corrected chi connectivity index (χ1v) is 6.17. The number of hydrogen-bond acceptors (Lipinski definition) is 3. The molecule has 0 fully saturated rings. The lowest BCUT2D eigenvalue weighted by Crippen LogP contribution is -2.12. The summed E-state index contributed by atoms with van der Waals surface area (Å²) in [7, 11) is 1.52. The molecule has 0 aliphatic rings. The summed E-state index contributed by atoms with van der Waals surface area (Å²) < 4.78 is 5.08. The molecule has 0 bridgehead atoms. The number of benzene rings is 2. The van der Waals surface area contributed by atoms with Crippen LogP contribution in [0.4, 0.5) is 5.69 Å². The Balaban J connectivity index is 2.27. The molecule has 0 radical (unpaired) electrons. The monoisotopic (exact) mass is 286 g/mol. The van der Waals surface area contributed by atoms with E-state index in [9.17, 15) is 4.79 Å². The molecule has 0 spiro atoms. The van der Waals surface area contributed by atoms with Gasteiger partial charge in [0.15, 0.2) is 0 Å². The molecule has 1 N–H and O–H groups in total. The fourth-order valence-electron chi connectivity index (χ4n) is 1.65. The molecule has 2 rings (SSSR count). The SMILES string of the molecule is COc1ccc(C#N)c(NC(=O)c2ccc(Cl)cc2)c1. The zero-order valence-electron chi connectivity index (χ0n) is 10.7. The number of nitrogens with zero attached hydrogens (tertiary/aromatic N) is 1. The maximum Gasteiger partial charge on any atom is 0.255 e. The molecule has 0 saturated carbocycles. The number of hydrogen-bond donors (Lipinski definition) is 1. The number of carbonyl (C=O) groups excluding carboxylic acids is 1. The number of halogens is 1. The van der Waals surface area contributed by atoms with Crippen molar-refractivity contribution >= 4 is 23.2 Å². The van der Waals surface area contributed by atoms with Crippen molar-refractivity contribution in [3.8, 4) is 11.8 Å². The van der Waals surface area contributed by atoms with E-state index in [0.29, 0.717) is 27.6 Å². The number of carbonyl (C=O) groups is 1. The Kier molecular flexibility index (Phi) is 4.24. The normalized spacial score (nSPS) is 9.65. The molecule has 0 unspecified atom stereocenters. The van der Waals surface area contributed by atoms with Gasteiger partial charge in [0.2, 0.25) is 0 Å². The second-order valence-corrected chi connectivity index (χ2v) is 4.42. The van der Waals surface area contributed by atoms with E-state index in [1.807, 2.05) is 6.07 Å². The molecule has 0 heterocycles. The van der Waals surface area contributed by atoms with Crippen LogP contribution in [-0.4, -0.2) is 13.0 Å². The van der Waals surface area contributed by atoms with Crippen LogP contribution >= 0.6 is 11.6 Å². The fraction of sp³-hybridized carbons (Fsp3) is 0.0667. The second kappa shape index (κ2) is 6.09. The largest absolute Gasteiger partial charge is 0.497 e. The van der Waals surface area contributed by atoms with Crippen LogP contribution in [0.5, 0.6) is 5.75 Å². The Hall–Kier alpha value is -2.51. The number of rotatable bonds is 3. The van der Waals surface area contributed by atoms with Gasteiger partial charge in [0, 0.05) is 16.7 Å². The summed E-state index contributed by atoms with van der Waals surface area (Å²) in [4.78, 5) is 12.1. The maximum absolute atomic E-state index is 12.1. The van der Waals surface area contributed by atoms with Gasteiger partial charge in [-0.2, -0.15) is 5.26 Å². The van der Waals surface area contributed by atoms with Gasteiger partial charge in [-0.1, -0.05) is 11.6 Å². The molecule has 0 aromatic heterocycles. The minimum atomic E-state index is -0.314. The van der Waals surface area contributed by atoms with Crippen LogP contribution in [0.25, 0.3) is 0 Å². The first-order chi connectivity index (χ1) is 9.63. The number of methoxy groups -OCH3 is 1. The standard InChI is InChI=1S/C15H11ClN2O2/c1-20-13-7-4-11(9-17)14(8-13)18-15(19)10-2-5-12(16)6-3-10/h2-8H,1H3,(H,18,19). The Bertz CT molecular complexity index is 675. The summed E-state index contributed by atoms with van der Waals surface area (Å²) in [6, 6.07) is 13.4. The van der Waals surface area contributed by atoms with Gasteiger partial charge in [-0.15, -0.1) is 0 Å². The van der Waals surface area contributed by atoms with Crippen molar-refractivity contribution in [1.29, 1.82) is 5.26 Å². The minimum Gasteiger partial charge on any atom is -0.497 e. The molecule has 0 saturated heterocycles. The van der Waals surface area contributed by atoms with E-state index < -0.39 is 0 Å². The van der Waals surface area contributed by atoms with Crippen molar-refractivity contribution < 1.29 is 9.53 Å². The molecule has 20 heavy (non-hydrogen) atoms. The van der Waals surface area contributed by atoms with Crippen LogP contribution in [0.2, 0.25) is 5.02 Å². The lowest BCUT2D eigenvalue weighted by molar-refractivity contribution is 0.102. The summed E-state index contributed by atoms with van der Waals surface area (Å²) in [5, 5.41) is 12.3. The molecule has 0 aliphatic heterocycles. The Morgan fingerprint density at radius 1 is 1.25 bits per heavy atom. The minimum absolute atomic E-state index is 0.314. The van der Waals surface area contributed by atoms with Crippen molar-refractivity contribution in [2.45, 2.75) is 0 Å². The highest BCUT2D eigenvalue weighted by Crippen LogP contribution is 2.22. The quantitative estimate of drug-likeness (QED) is 0.939. The zero-order chi connectivity index (χ0) is 14.5. The van der Waals surface area contributed by atoms with E-state index in [1.54, 1.807) is 42.5 Å². The van der Waals surface area contributed by atoms with E-state index in [-0.39, 0.29) is 5.91 Å². The van der Waals surface area contributed by atoms with E-state index in [1.165, 1.54) is 7.11 Å². The fourth-order valence-corrected chi connectivity index (χ4v) is 1.77. The Labute approximate surface area is 121 Å². The first kappa shape index (κ1) is 13.9. The van der Waals surface area contributed by atoms with E-state index in [0.717, 1.165) is 0 Å². The molecule has 0 aliphatic carbocycles. The predicted octanol–water partition coefficient (Wildman–Crippen LogP) is 3.47. The van der Waals surface area contributed by atoms with E-state index in [4.69, 9.17) is 21.6 Å². The van der Waals surface area contributed by atoms with Crippen molar-refractivity contribution in [3.05, 3.63) is 58.6 Å². The number of amides is 1. The predicted molar refractivity (Wildman–Crippen MR) is 77.1 cm³/mol. The van der Waals surface area contributed by atoms with Gasteiger partial charge < -0.3 is 10.1 Å². The third-order valence-corrected chi connectivity index (χ3v) is 2.95. The topological polar surface area (TPSA) is 62.1 Å². The molecule has 4 nitrogen and oxygen atoms in total. The summed E-state index contributed by atoms with van der Waals surface area (Å²) >= 11 is 5.77. The molecular weight excluding hydrogens is 276 g/mol. The maximum atomic E-state index is 12.1. The molecular formula is C15H11ClN2O2. The van der Waals surface area contributed by atoms with E-state index >= 15 is 0 Å². The number of ether oxygens (including phenoxy) is 1. The van der Waals surface area contributed by atoms with Gasteiger partial charge in [-0.05, 0) is 36.4 Å². The zero-order valence-corrected chi connectivity index (χ0v) is 11.4. The van der Waals surface area contributed by atoms with Crippen molar-refractivity contribution in [3.63, 3.8) is 0 Å². The van der Waals surface area contributed by atoms with Gasteiger partial charge in [0.05, 0.1) is 18.4 Å². The van der Waals surface area contributed by atoms with Crippen molar-refractivity contribution in [2.24, 2.45) is 0 Å². The van der Waals surface area contributed by atoms with Crippen molar-refractivity contribution in [2.75, 3.05) is 12.4 Å². The van der Waals surface area contributed by atoms with Crippen LogP contribution < -0.4 is 10.1 Å². The third kappa shape index (κ3) is 3.08. The van der Waals surface area contributed by atoms with Crippen LogP contribution in [0.3, 0.4) is 0 Å². The van der Waals surface area contributed by atoms with Crippen molar-refractivity contribution in [1.82, 2.24) is 0 Å². The van der Waals surface area contributed by atoms with Gasteiger partial charge >= 0.3 is 0 Å². The number of nitrogens with one attached hydrogen (secondary N) is 1. The second-order valence-electron chi connectivity index (χ2n) is 3.98. The van der Waals surface area contributed by atoms with Crippen LogP contribution in [-0.2, 0) is 0 Å². The Morgan fingerprint density at radius 3 is 2.55 bits per heavy atom. The highest BCUT2D eigenvalue weighted by Gasteiger charge is 2.10. The van der Waals surface area contributed by atoms with Crippen LogP contribution in [0, 0.1) is 11.3 Å². The summed E-state index contributed by atoms with van der Waals surface area (Å²) in [5.41, 5.74) is 1.24. The average Bonchev–Trinajstić information content (AvgIpc) is 2.47. The first-order valence-electron chi connectivity index (χ1n) is 5.79. The lowest BCUT2D eigenvalue weighted by atomic mass is 10.1. The average molecular weight is 287 g/mol. The third-order valence-electron chi connectivity index (χ3n) is 2.70. The highest BCUT2D eigenvalue weighted by molar-refractivity contribution is 6.30. The lowest BCUT2D eigenvalue weighted by Gasteiger charge is -2.09. The summed E-state index contributed by atoms with van der Waals surface area (Å²) in [6.07, 6.45) is 0. The van der Waals surface area contributed by atoms with E-state index in [2.05, 4.69) is 5.32 Å². The van der Waals surface area contributed by atoms with Gasteiger partial charge in [0.1, 0.15) is 11.8 Å². The van der Waals surface area contributed by atoms with Crippen LogP contribution in [0.1, 0.15) is 15.9 Å². The molecule has 5 heteroatoms. The summed E-state index contributed by atoms with van der Waals surface area (Å²) in [6.45, 7) is 0. The molecule has 100 valence electrons. The van der Waals surface area contributed by atoms with Gasteiger partial charge in [0.25, 0.3) is 5.91 Å². The smallest absolute Gasteiger partial charge is 0.255 e. The number of anilines is 1. The Morgan fingerprint density at radius 2 is 1.95 bits per heavy atom. The van der Waals surface area contributed by atoms with Crippen LogP contribution in [0.15, 0.2) is 42.5 Å². The highest BCUT2D eigenvalue weighted by atomic mass is 35.5. The number of nitriles is 1. The molecule has 0 atom stereocenters. The van der Waals surface area contributed by atoms with Gasteiger partial charge in [-0.3, -0.25) is 4.79 Å². The molecule has 1 amide bonds. The summed E-state index contributed by atoms with van der Waals surface area (Å²) in [5.74, 6) is 0.252. The molecule has 2 aromatic carbocycles.